The first kappa shape index (κ1) is 20.3. The van der Waals surface area contributed by atoms with E-state index in [2.05, 4.69) is 32.3 Å². The van der Waals surface area contributed by atoms with Gasteiger partial charge in [0.05, 0.1) is 30.2 Å². The SMILES string of the molecule is COC[C@H](C)NC(=O)c1c[nH]c2ncc(-c3cccc(N4CC[C@H](OC)C4)c3)nc12. The molecule has 2 aromatic heterocycles. The second-order valence-corrected chi connectivity index (χ2v) is 7.63. The molecule has 0 unspecified atom stereocenters. The van der Waals surface area contributed by atoms with Gasteiger partial charge in [0.2, 0.25) is 0 Å². The zero-order valence-corrected chi connectivity index (χ0v) is 17.5. The van der Waals surface area contributed by atoms with E-state index < -0.39 is 0 Å². The predicted molar refractivity (Wildman–Crippen MR) is 116 cm³/mol. The molecule has 158 valence electrons. The lowest BCUT2D eigenvalue weighted by molar-refractivity contribution is 0.0907. The van der Waals surface area contributed by atoms with Gasteiger partial charge >= 0.3 is 0 Å². The van der Waals surface area contributed by atoms with Gasteiger partial charge in [0, 0.05) is 50.8 Å². The molecule has 4 rings (SSSR count). The fourth-order valence-corrected chi connectivity index (χ4v) is 3.81. The van der Waals surface area contributed by atoms with Gasteiger partial charge < -0.3 is 24.7 Å². The first-order valence-corrected chi connectivity index (χ1v) is 10.1. The molecule has 1 aliphatic heterocycles. The number of amides is 1. The number of ether oxygens (including phenoxy) is 2. The van der Waals surface area contributed by atoms with Crippen LogP contribution in [0.1, 0.15) is 23.7 Å². The average Bonchev–Trinajstić information content (AvgIpc) is 3.40. The number of benzene rings is 1. The van der Waals surface area contributed by atoms with Gasteiger partial charge in [-0.3, -0.25) is 4.79 Å². The fraction of sp³-hybridized carbons (Fsp3) is 0.409. The standard InChI is InChI=1S/C22H27N5O3/c1-14(13-29-2)25-22(28)18-10-23-21-20(18)26-19(11-24-21)15-5-4-6-16(9-15)27-8-7-17(12-27)30-3/h4-6,9-11,14,17H,7-8,12-13H2,1-3H3,(H,23,24)(H,25,28)/t14-,17-/m0/s1. The smallest absolute Gasteiger partial charge is 0.255 e. The molecule has 8 heteroatoms. The number of aromatic amines is 1. The molecule has 3 aromatic rings. The van der Waals surface area contributed by atoms with Gasteiger partial charge in [0.25, 0.3) is 5.91 Å². The van der Waals surface area contributed by atoms with Crippen LogP contribution in [0.15, 0.2) is 36.7 Å². The van der Waals surface area contributed by atoms with Gasteiger partial charge in [-0.1, -0.05) is 12.1 Å². The maximum absolute atomic E-state index is 12.7. The number of fused-ring (bicyclic) bond motifs is 1. The van der Waals surface area contributed by atoms with Crippen molar-refractivity contribution in [3.8, 4) is 11.3 Å². The Morgan fingerprint density at radius 1 is 1.40 bits per heavy atom. The van der Waals surface area contributed by atoms with Crippen molar-refractivity contribution in [2.75, 3.05) is 38.8 Å². The summed E-state index contributed by atoms with van der Waals surface area (Å²) in [4.78, 5) is 27.2. The monoisotopic (exact) mass is 409 g/mol. The molecule has 0 bridgehead atoms. The van der Waals surface area contributed by atoms with E-state index in [1.54, 1.807) is 26.6 Å². The number of carbonyl (C=O) groups excluding carboxylic acids is 1. The highest BCUT2D eigenvalue weighted by atomic mass is 16.5. The molecule has 2 N–H and O–H groups in total. The summed E-state index contributed by atoms with van der Waals surface area (Å²) < 4.78 is 10.6. The summed E-state index contributed by atoms with van der Waals surface area (Å²) in [6.45, 7) is 4.19. The first-order valence-electron chi connectivity index (χ1n) is 10.1. The van der Waals surface area contributed by atoms with Crippen molar-refractivity contribution in [2.24, 2.45) is 0 Å². The van der Waals surface area contributed by atoms with Gasteiger partial charge in [-0.2, -0.15) is 0 Å². The fourth-order valence-electron chi connectivity index (χ4n) is 3.81. The van der Waals surface area contributed by atoms with E-state index in [-0.39, 0.29) is 18.1 Å². The van der Waals surface area contributed by atoms with Crippen molar-refractivity contribution in [1.29, 1.82) is 0 Å². The molecule has 0 spiro atoms. The predicted octanol–water partition coefficient (Wildman–Crippen LogP) is 2.61. The summed E-state index contributed by atoms with van der Waals surface area (Å²) >= 11 is 0. The quantitative estimate of drug-likeness (QED) is 0.623. The molecule has 0 aliphatic carbocycles. The number of hydrogen-bond acceptors (Lipinski definition) is 6. The van der Waals surface area contributed by atoms with Crippen molar-refractivity contribution in [3.63, 3.8) is 0 Å². The Labute approximate surface area is 175 Å². The molecule has 30 heavy (non-hydrogen) atoms. The normalized spacial score (nSPS) is 17.4. The Bertz CT molecular complexity index is 1030. The van der Waals surface area contributed by atoms with Gasteiger partial charge in [-0.15, -0.1) is 0 Å². The summed E-state index contributed by atoms with van der Waals surface area (Å²) in [5, 5.41) is 2.92. The summed E-state index contributed by atoms with van der Waals surface area (Å²) in [5.41, 5.74) is 4.44. The van der Waals surface area contributed by atoms with Crippen LogP contribution in [0.2, 0.25) is 0 Å². The van der Waals surface area contributed by atoms with Crippen LogP contribution in [0.3, 0.4) is 0 Å². The van der Waals surface area contributed by atoms with Gasteiger partial charge in [-0.25, -0.2) is 9.97 Å². The molecular weight excluding hydrogens is 382 g/mol. The van der Waals surface area contributed by atoms with Crippen LogP contribution >= 0.6 is 0 Å². The highest BCUT2D eigenvalue weighted by Crippen LogP contribution is 2.27. The number of hydrogen-bond donors (Lipinski definition) is 2. The third-order valence-electron chi connectivity index (χ3n) is 5.41. The molecule has 1 fully saturated rings. The minimum Gasteiger partial charge on any atom is -0.383 e. The topological polar surface area (TPSA) is 92.4 Å². The minimum absolute atomic E-state index is 0.100. The number of H-pyrrole nitrogens is 1. The van der Waals surface area contributed by atoms with E-state index in [9.17, 15) is 4.79 Å². The Balaban J connectivity index is 1.61. The molecule has 1 amide bonds. The number of rotatable bonds is 7. The molecule has 3 heterocycles. The Morgan fingerprint density at radius 2 is 2.27 bits per heavy atom. The maximum atomic E-state index is 12.7. The third-order valence-corrected chi connectivity index (χ3v) is 5.41. The van der Waals surface area contributed by atoms with E-state index in [1.165, 1.54) is 0 Å². The molecule has 0 saturated carbocycles. The summed E-state index contributed by atoms with van der Waals surface area (Å²) in [6.07, 6.45) is 4.67. The highest BCUT2D eigenvalue weighted by molar-refractivity contribution is 6.04. The van der Waals surface area contributed by atoms with E-state index in [1.807, 2.05) is 19.1 Å². The summed E-state index contributed by atoms with van der Waals surface area (Å²) in [5.74, 6) is -0.200. The van der Waals surface area contributed by atoms with Crippen LogP contribution in [0.5, 0.6) is 0 Å². The Morgan fingerprint density at radius 3 is 3.03 bits per heavy atom. The largest absolute Gasteiger partial charge is 0.383 e. The van der Waals surface area contributed by atoms with Crippen LogP contribution in [0.4, 0.5) is 5.69 Å². The van der Waals surface area contributed by atoms with E-state index in [0.29, 0.717) is 23.3 Å². The van der Waals surface area contributed by atoms with Crippen LogP contribution in [-0.4, -0.2) is 66.9 Å². The molecule has 1 aromatic carbocycles. The van der Waals surface area contributed by atoms with Crippen molar-refractivity contribution in [2.45, 2.75) is 25.5 Å². The zero-order chi connectivity index (χ0) is 21.1. The van der Waals surface area contributed by atoms with E-state index in [4.69, 9.17) is 14.5 Å². The van der Waals surface area contributed by atoms with Crippen molar-refractivity contribution in [1.82, 2.24) is 20.3 Å². The number of methoxy groups -OCH3 is 2. The zero-order valence-electron chi connectivity index (χ0n) is 17.5. The van der Waals surface area contributed by atoms with Crippen LogP contribution in [-0.2, 0) is 9.47 Å². The average molecular weight is 409 g/mol. The molecule has 0 radical (unpaired) electrons. The number of nitrogens with one attached hydrogen (secondary N) is 2. The summed E-state index contributed by atoms with van der Waals surface area (Å²) in [6, 6.07) is 8.14. The van der Waals surface area contributed by atoms with Crippen LogP contribution < -0.4 is 10.2 Å². The minimum atomic E-state index is -0.200. The highest BCUT2D eigenvalue weighted by Gasteiger charge is 2.23. The molecule has 1 saturated heterocycles. The van der Waals surface area contributed by atoms with Crippen molar-refractivity contribution >= 4 is 22.8 Å². The van der Waals surface area contributed by atoms with Gasteiger partial charge in [0.15, 0.2) is 5.65 Å². The van der Waals surface area contributed by atoms with Crippen molar-refractivity contribution in [3.05, 3.63) is 42.2 Å². The number of aromatic nitrogens is 3. The number of carbonyl (C=O) groups is 1. The lowest BCUT2D eigenvalue weighted by Crippen LogP contribution is -2.35. The molecule has 8 nitrogen and oxygen atoms in total. The van der Waals surface area contributed by atoms with E-state index in [0.717, 1.165) is 36.5 Å². The number of anilines is 1. The van der Waals surface area contributed by atoms with Gasteiger partial charge in [-0.05, 0) is 25.5 Å². The lowest BCUT2D eigenvalue weighted by Gasteiger charge is -2.19. The lowest BCUT2D eigenvalue weighted by atomic mass is 10.1. The van der Waals surface area contributed by atoms with Crippen LogP contribution in [0.25, 0.3) is 22.4 Å². The molecule has 1 aliphatic rings. The van der Waals surface area contributed by atoms with Crippen LogP contribution in [0, 0.1) is 0 Å². The second kappa shape index (κ2) is 8.81. The second-order valence-electron chi connectivity index (χ2n) is 7.63. The third kappa shape index (κ3) is 4.15. The molecular formula is C22H27N5O3. The summed E-state index contributed by atoms with van der Waals surface area (Å²) in [7, 11) is 3.37. The first-order chi connectivity index (χ1) is 14.6. The Hall–Kier alpha value is -2.97. The van der Waals surface area contributed by atoms with E-state index >= 15 is 0 Å². The van der Waals surface area contributed by atoms with Gasteiger partial charge in [0.1, 0.15) is 5.52 Å². The maximum Gasteiger partial charge on any atom is 0.255 e. The number of nitrogens with zero attached hydrogens (tertiary/aromatic N) is 3. The molecule has 2 atom stereocenters. The van der Waals surface area contributed by atoms with Crippen molar-refractivity contribution < 1.29 is 14.3 Å². The Kier molecular flexibility index (Phi) is 5.96.